The van der Waals surface area contributed by atoms with Crippen molar-refractivity contribution in [2.45, 2.75) is 12.8 Å². The number of aliphatic hydroxyl groups excluding tert-OH is 1. The van der Waals surface area contributed by atoms with Gasteiger partial charge in [-0.15, -0.1) is 13.2 Å². The third-order valence-electron chi connectivity index (χ3n) is 3.17. The van der Waals surface area contributed by atoms with Crippen molar-refractivity contribution in [3.8, 4) is 5.75 Å². The van der Waals surface area contributed by atoms with E-state index < -0.39 is 18.0 Å². The Morgan fingerprint density at radius 2 is 2.10 bits per heavy atom. The van der Waals surface area contributed by atoms with Crippen LogP contribution in [0.4, 0.5) is 13.2 Å². The van der Waals surface area contributed by atoms with E-state index in [2.05, 4.69) is 4.74 Å². The molecule has 0 aliphatic carbocycles. The van der Waals surface area contributed by atoms with Crippen molar-refractivity contribution in [3.05, 3.63) is 29.8 Å². The normalized spacial score (nSPS) is 19.2. The molecule has 0 bridgehead atoms. The van der Waals surface area contributed by atoms with E-state index in [1.54, 1.807) is 0 Å². The Hall–Kier alpha value is -1.76. The minimum atomic E-state index is -4.84. The van der Waals surface area contributed by atoms with Gasteiger partial charge in [0.1, 0.15) is 5.75 Å². The molecule has 2 rings (SSSR count). The highest BCUT2D eigenvalue weighted by Crippen LogP contribution is 2.28. The quantitative estimate of drug-likeness (QED) is 0.926. The Morgan fingerprint density at radius 3 is 2.70 bits per heavy atom. The molecule has 0 radical (unpaired) electrons. The van der Waals surface area contributed by atoms with Gasteiger partial charge in [-0.05, 0) is 18.6 Å². The molecule has 1 aromatic carbocycles. The Balaban J connectivity index is 2.18. The van der Waals surface area contributed by atoms with E-state index in [9.17, 15) is 18.0 Å². The van der Waals surface area contributed by atoms with Crippen LogP contribution in [0.5, 0.6) is 5.75 Å². The minimum Gasteiger partial charge on any atom is -0.405 e. The number of rotatable bonds is 3. The molecule has 1 fully saturated rings. The number of para-hydroxylation sites is 1. The van der Waals surface area contributed by atoms with Crippen molar-refractivity contribution in [3.63, 3.8) is 0 Å². The van der Waals surface area contributed by atoms with E-state index in [0.717, 1.165) is 6.07 Å². The molecule has 1 N–H and O–H groups in total. The molecule has 1 heterocycles. The Labute approximate surface area is 113 Å². The summed E-state index contributed by atoms with van der Waals surface area (Å²) in [7, 11) is 0. The summed E-state index contributed by atoms with van der Waals surface area (Å²) in [5.41, 5.74) is -0.122. The predicted octanol–water partition coefficient (Wildman–Crippen LogP) is 2.04. The molecule has 4 nitrogen and oxygen atoms in total. The van der Waals surface area contributed by atoms with Crippen LogP contribution in [0.25, 0.3) is 0 Å². The summed E-state index contributed by atoms with van der Waals surface area (Å²) in [6, 6.07) is 5.27. The largest absolute Gasteiger partial charge is 0.573 e. The zero-order valence-electron chi connectivity index (χ0n) is 10.6. The fourth-order valence-electron chi connectivity index (χ4n) is 2.19. The average molecular weight is 289 g/mol. The van der Waals surface area contributed by atoms with Gasteiger partial charge >= 0.3 is 6.36 Å². The topological polar surface area (TPSA) is 49.8 Å². The van der Waals surface area contributed by atoms with Crippen molar-refractivity contribution < 1.29 is 27.8 Å². The van der Waals surface area contributed by atoms with E-state index in [1.165, 1.54) is 23.1 Å². The molecule has 0 spiro atoms. The second-order valence-electron chi connectivity index (χ2n) is 4.63. The number of amides is 1. The molecule has 7 heteroatoms. The molecular formula is C13H14F3NO3. The molecule has 1 aliphatic rings. The van der Waals surface area contributed by atoms with Crippen LogP contribution < -0.4 is 4.74 Å². The fourth-order valence-corrected chi connectivity index (χ4v) is 2.19. The van der Waals surface area contributed by atoms with Gasteiger partial charge in [-0.1, -0.05) is 12.1 Å². The molecule has 1 amide bonds. The van der Waals surface area contributed by atoms with Crippen LogP contribution in [0.3, 0.4) is 0 Å². The van der Waals surface area contributed by atoms with Crippen molar-refractivity contribution >= 4 is 5.91 Å². The molecule has 110 valence electrons. The van der Waals surface area contributed by atoms with E-state index in [1.807, 2.05) is 0 Å². The van der Waals surface area contributed by atoms with Gasteiger partial charge < -0.3 is 14.7 Å². The van der Waals surface area contributed by atoms with Crippen LogP contribution in [0.1, 0.15) is 16.8 Å². The number of ether oxygens (including phenoxy) is 1. The first-order valence-corrected chi connectivity index (χ1v) is 6.15. The number of carbonyl (C=O) groups excluding carboxylic acids is 1. The van der Waals surface area contributed by atoms with Crippen LogP contribution in [-0.2, 0) is 0 Å². The highest BCUT2D eigenvalue weighted by atomic mass is 19.4. The maximum atomic E-state index is 12.3. The van der Waals surface area contributed by atoms with E-state index in [4.69, 9.17) is 5.11 Å². The van der Waals surface area contributed by atoms with Crippen LogP contribution in [0, 0.1) is 5.92 Å². The van der Waals surface area contributed by atoms with Crippen molar-refractivity contribution in [2.24, 2.45) is 5.92 Å². The summed E-state index contributed by atoms with van der Waals surface area (Å²) in [6.07, 6.45) is -4.19. The van der Waals surface area contributed by atoms with Gasteiger partial charge in [-0.2, -0.15) is 0 Å². The molecule has 1 aromatic rings. The summed E-state index contributed by atoms with van der Waals surface area (Å²) in [5.74, 6) is -1.03. The number of hydrogen-bond donors (Lipinski definition) is 1. The second-order valence-corrected chi connectivity index (χ2v) is 4.63. The number of likely N-dealkylation sites (tertiary alicyclic amines) is 1. The first-order valence-electron chi connectivity index (χ1n) is 6.15. The first kappa shape index (κ1) is 14.6. The predicted molar refractivity (Wildman–Crippen MR) is 64.2 cm³/mol. The van der Waals surface area contributed by atoms with Gasteiger partial charge in [0, 0.05) is 25.6 Å². The maximum absolute atomic E-state index is 12.3. The molecular weight excluding hydrogens is 275 g/mol. The lowest BCUT2D eigenvalue weighted by molar-refractivity contribution is -0.274. The number of carbonyl (C=O) groups is 1. The molecule has 20 heavy (non-hydrogen) atoms. The standard InChI is InChI=1S/C13H14F3NO3/c14-13(15,16)20-11-4-2-1-3-10(11)12(19)17-6-5-9(7-17)8-18/h1-4,9,18H,5-8H2. The fraction of sp³-hybridized carbons (Fsp3) is 0.462. The lowest BCUT2D eigenvalue weighted by atomic mass is 10.1. The van der Waals surface area contributed by atoms with Crippen LogP contribution >= 0.6 is 0 Å². The third-order valence-corrected chi connectivity index (χ3v) is 3.17. The van der Waals surface area contributed by atoms with Gasteiger partial charge in [-0.3, -0.25) is 4.79 Å². The van der Waals surface area contributed by atoms with E-state index in [-0.39, 0.29) is 18.1 Å². The number of nitrogens with zero attached hydrogens (tertiary/aromatic N) is 1. The highest BCUT2D eigenvalue weighted by Gasteiger charge is 2.34. The smallest absolute Gasteiger partial charge is 0.405 e. The third kappa shape index (κ3) is 3.41. The molecule has 1 atom stereocenters. The van der Waals surface area contributed by atoms with Gasteiger partial charge in [0.2, 0.25) is 0 Å². The van der Waals surface area contributed by atoms with Crippen molar-refractivity contribution in [1.82, 2.24) is 4.90 Å². The van der Waals surface area contributed by atoms with Gasteiger partial charge in [0.25, 0.3) is 5.91 Å². The number of benzene rings is 1. The molecule has 1 saturated heterocycles. The maximum Gasteiger partial charge on any atom is 0.573 e. The lowest BCUT2D eigenvalue weighted by Gasteiger charge is -2.19. The highest BCUT2D eigenvalue weighted by molar-refractivity contribution is 5.97. The Bertz CT molecular complexity index is 490. The summed E-state index contributed by atoms with van der Waals surface area (Å²) in [4.78, 5) is 13.6. The first-order chi connectivity index (χ1) is 9.40. The minimum absolute atomic E-state index is 0.0188. The van der Waals surface area contributed by atoms with Gasteiger partial charge in [-0.25, -0.2) is 0 Å². The van der Waals surface area contributed by atoms with Crippen LogP contribution in [0.15, 0.2) is 24.3 Å². The van der Waals surface area contributed by atoms with Gasteiger partial charge in [0.15, 0.2) is 0 Å². The second kappa shape index (κ2) is 5.70. The molecule has 0 aromatic heterocycles. The van der Waals surface area contributed by atoms with Crippen LogP contribution in [0.2, 0.25) is 0 Å². The SMILES string of the molecule is O=C(c1ccccc1OC(F)(F)F)N1CCC(CO)C1. The number of alkyl halides is 3. The average Bonchev–Trinajstić information content (AvgIpc) is 2.85. The Kier molecular flexibility index (Phi) is 4.17. The van der Waals surface area contributed by atoms with Crippen molar-refractivity contribution in [2.75, 3.05) is 19.7 Å². The number of hydrogen-bond acceptors (Lipinski definition) is 3. The Morgan fingerprint density at radius 1 is 1.40 bits per heavy atom. The summed E-state index contributed by atoms with van der Waals surface area (Å²) >= 11 is 0. The summed E-state index contributed by atoms with van der Waals surface area (Å²) < 4.78 is 40.8. The number of halogens is 3. The summed E-state index contributed by atoms with van der Waals surface area (Å²) in [5, 5.41) is 9.03. The summed E-state index contributed by atoms with van der Waals surface area (Å²) in [6.45, 7) is 0.727. The lowest BCUT2D eigenvalue weighted by Crippen LogP contribution is -2.30. The molecule has 1 unspecified atom stereocenters. The van der Waals surface area contributed by atoms with Crippen molar-refractivity contribution in [1.29, 1.82) is 0 Å². The molecule has 1 aliphatic heterocycles. The zero-order chi connectivity index (χ0) is 14.8. The van der Waals surface area contributed by atoms with E-state index >= 15 is 0 Å². The van der Waals surface area contributed by atoms with Crippen LogP contribution in [-0.4, -0.2) is 42.0 Å². The van der Waals surface area contributed by atoms with Gasteiger partial charge in [0.05, 0.1) is 5.56 Å². The van der Waals surface area contributed by atoms with E-state index in [0.29, 0.717) is 19.5 Å². The number of aliphatic hydroxyl groups is 1. The molecule has 0 saturated carbocycles. The zero-order valence-corrected chi connectivity index (χ0v) is 10.6. The monoisotopic (exact) mass is 289 g/mol.